The first-order valence-corrected chi connectivity index (χ1v) is 8.99. The molecule has 0 bridgehead atoms. The second-order valence-electron chi connectivity index (χ2n) is 6.79. The molecule has 0 radical (unpaired) electrons. The van der Waals surface area contributed by atoms with Crippen LogP contribution in [0.1, 0.15) is 42.9 Å². The minimum absolute atomic E-state index is 0.0609. The van der Waals surface area contributed by atoms with Gasteiger partial charge in [0.2, 0.25) is 0 Å². The van der Waals surface area contributed by atoms with Crippen molar-refractivity contribution in [3.63, 3.8) is 0 Å². The number of carbonyl (C=O) groups is 1. The average molecular weight is 337 g/mol. The number of ether oxygens (including phenoxy) is 1. The van der Waals surface area contributed by atoms with Crippen LogP contribution >= 0.6 is 0 Å². The highest BCUT2D eigenvalue weighted by atomic mass is 16.6. The monoisotopic (exact) mass is 337 g/mol. The van der Waals surface area contributed by atoms with Crippen LogP contribution in [0.15, 0.2) is 48.7 Å². The number of amides is 1. The predicted octanol–water partition coefficient (Wildman–Crippen LogP) is 4.13. The Morgan fingerprint density at radius 1 is 1.16 bits per heavy atom. The number of hydrogen-bond donors (Lipinski definition) is 1. The van der Waals surface area contributed by atoms with Gasteiger partial charge in [-0.15, -0.1) is 0 Å². The minimum atomic E-state index is -0.244. The van der Waals surface area contributed by atoms with Crippen LogP contribution < -0.4 is 5.32 Å². The lowest BCUT2D eigenvalue weighted by Gasteiger charge is -2.24. The van der Waals surface area contributed by atoms with E-state index in [1.807, 2.05) is 47.5 Å². The molecule has 1 aromatic carbocycles. The summed E-state index contributed by atoms with van der Waals surface area (Å²) in [6.07, 6.45) is 6.05. The van der Waals surface area contributed by atoms with Gasteiger partial charge in [-0.2, -0.15) is 0 Å². The second-order valence-corrected chi connectivity index (χ2v) is 6.79. The molecule has 2 fully saturated rings. The first-order chi connectivity index (χ1) is 12.3. The minimum Gasteiger partial charge on any atom is -0.445 e. The van der Waals surface area contributed by atoms with E-state index in [9.17, 15) is 4.79 Å². The van der Waals surface area contributed by atoms with E-state index in [1.54, 1.807) is 0 Å². The van der Waals surface area contributed by atoms with Crippen molar-refractivity contribution in [2.45, 2.75) is 44.4 Å². The Hall–Kier alpha value is -2.56. The molecular weight excluding hydrogens is 314 g/mol. The molecule has 4 rings (SSSR count). The van der Waals surface area contributed by atoms with Crippen molar-refractivity contribution >= 4 is 11.9 Å². The largest absolute Gasteiger partial charge is 0.445 e. The summed E-state index contributed by atoms with van der Waals surface area (Å²) in [5.74, 6) is 0.919. The summed E-state index contributed by atoms with van der Waals surface area (Å²) in [4.78, 5) is 18.8. The molecule has 2 heterocycles. The maximum atomic E-state index is 12.5. The lowest BCUT2D eigenvalue weighted by molar-refractivity contribution is 0.0920. The van der Waals surface area contributed by atoms with E-state index < -0.39 is 0 Å². The van der Waals surface area contributed by atoms with Gasteiger partial charge in [-0.3, -0.25) is 0 Å². The van der Waals surface area contributed by atoms with Gasteiger partial charge in [-0.05, 0) is 42.9 Å². The Kier molecular flexibility index (Phi) is 4.55. The lowest BCUT2D eigenvalue weighted by atomic mass is 10.1. The molecule has 1 aliphatic heterocycles. The molecule has 1 aliphatic carbocycles. The van der Waals surface area contributed by atoms with E-state index in [-0.39, 0.29) is 12.1 Å². The van der Waals surface area contributed by atoms with Gasteiger partial charge < -0.3 is 15.0 Å². The van der Waals surface area contributed by atoms with Crippen LogP contribution in [0.3, 0.4) is 0 Å². The van der Waals surface area contributed by atoms with Crippen molar-refractivity contribution in [2.75, 3.05) is 11.9 Å². The van der Waals surface area contributed by atoms with Gasteiger partial charge >= 0.3 is 6.09 Å². The van der Waals surface area contributed by atoms with Crippen LogP contribution in [0.4, 0.5) is 10.6 Å². The highest BCUT2D eigenvalue weighted by Gasteiger charge is 2.31. The Morgan fingerprint density at radius 2 is 2.00 bits per heavy atom. The first-order valence-electron chi connectivity index (χ1n) is 8.99. The molecule has 1 amide bonds. The molecule has 1 saturated heterocycles. The topological polar surface area (TPSA) is 54.5 Å². The fourth-order valence-corrected chi connectivity index (χ4v) is 3.26. The van der Waals surface area contributed by atoms with E-state index in [0.29, 0.717) is 12.6 Å². The maximum Gasteiger partial charge on any atom is 0.410 e. The summed E-state index contributed by atoms with van der Waals surface area (Å²) in [7, 11) is 0. The smallest absolute Gasteiger partial charge is 0.410 e. The molecular formula is C20H23N3O2. The quantitative estimate of drug-likeness (QED) is 0.891. The number of carbonyl (C=O) groups excluding carboxylic acids is 1. The average Bonchev–Trinajstić information content (AvgIpc) is 3.33. The highest BCUT2D eigenvalue weighted by molar-refractivity contribution is 5.68. The van der Waals surface area contributed by atoms with Crippen molar-refractivity contribution in [3.8, 4) is 0 Å². The molecule has 0 unspecified atom stereocenters. The summed E-state index contributed by atoms with van der Waals surface area (Å²) >= 11 is 0. The summed E-state index contributed by atoms with van der Waals surface area (Å²) < 4.78 is 5.50. The number of rotatable bonds is 5. The molecule has 130 valence electrons. The molecule has 1 saturated carbocycles. The van der Waals surface area contributed by atoms with Crippen LogP contribution in [0.25, 0.3) is 0 Å². The van der Waals surface area contributed by atoms with Gasteiger partial charge in [0.1, 0.15) is 12.4 Å². The molecule has 2 aliphatic rings. The van der Waals surface area contributed by atoms with Gasteiger partial charge in [-0.1, -0.05) is 36.4 Å². The zero-order valence-electron chi connectivity index (χ0n) is 14.2. The second kappa shape index (κ2) is 7.13. The summed E-state index contributed by atoms with van der Waals surface area (Å²) in [6, 6.07) is 14.5. The van der Waals surface area contributed by atoms with E-state index in [0.717, 1.165) is 36.3 Å². The Labute approximate surface area is 148 Å². The van der Waals surface area contributed by atoms with E-state index >= 15 is 0 Å². The molecule has 2 aromatic rings. The predicted molar refractivity (Wildman–Crippen MR) is 96.2 cm³/mol. The number of nitrogens with zero attached hydrogens (tertiary/aromatic N) is 2. The summed E-state index contributed by atoms with van der Waals surface area (Å²) in [6.45, 7) is 1.05. The van der Waals surface area contributed by atoms with Crippen LogP contribution in [0.2, 0.25) is 0 Å². The summed E-state index contributed by atoms with van der Waals surface area (Å²) in [5, 5.41) is 3.39. The van der Waals surface area contributed by atoms with E-state index in [1.165, 1.54) is 12.8 Å². The highest BCUT2D eigenvalue weighted by Crippen LogP contribution is 2.33. The number of anilines is 1. The molecule has 25 heavy (non-hydrogen) atoms. The van der Waals surface area contributed by atoms with E-state index in [4.69, 9.17) is 4.74 Å². The molecule has 5 nitrogen and oxygen atoms in total. The van der Waals surface area contributed by atoms with Gasteiger partial charge in [-0.25, -0.2) is 9.78 Å². The zero-order chi connectivity index (χ0) is 17.1. The zero-order valence-corrected chi connectivity index (χ0v) is 14.2. The van der Waals surface area contributed by atoms with Crippen LogP contribution in [0.5, 0.6) is 0 Å². The third-order valence-electron chi connectivity index (χ3n) is 4.79. The van der Waals surface area contributed by atoms with Gasteiger partial charge in [0.05, 0.1) is 6.04 Å². The van der Waals surface area contributed by atoms with Crippen molar-refractivity contribution in [1.29, 1.82) is 0 Å². The SMILES string of the molecule is O=C(OCc1ccccc1)N1CCC[C@@H]1c1ccc(NC2CC2)nc1. The van der Waals surface area contributed by atoms with Crippen molar-refractivity contribution in [1.82, 2.24) is 9.88 Å². The Balaban J connectivity index is 1.38. The molecule has 1 aromatic heterocycles. The fourth-order valence-electron chi connectivity index (χ4n) is 3.26. The lowest BCUT2D eigenvalue weighted by Crippen LogP contribution is -2.31. The molecule has 5 heteroatoms. The van der Waals surface area contributed by atoms with Crippen LogP contribution in [-0.4, -0.2) is 28.6 Å². The maximum absolute atomic E-state index is 12.5. The normalized spacial score (nSPS) is 19.7. The number of pyridine rings is 1. The third kappa shape index (κ3) is 3.92. The number of nitrogens with one attached hydrogen (secondary N) is 1. The van der Waals surface area contributed by atoms with Gasteiger partial charge in [0.25, 0.3) is 0 Å². The van der Waals surface area contributed by atoms with Gasteiger partial charge in [0, 0.05) is 18.8 Å². The standard InChI is InChI=1S/C20H23N3O2/c24-20(25-14-15-5-2-1-3-6-15)23-12-4-7-18(23)16-8-11-19(21-13-16)22-17-9-10-17/h1-3,5-6,8,11,13,17-18H,4,7,9-10,12,14H2,(H,21,22)/t18-/m1/s1. The van der Waals surface area contributed by atoms with Crippen LogP contribution in [-0.2, 0) is 11.3 Å². The number of aromatic nitrogens is 1. The van der Waals surface area contributed by atoms with Crippen LogP contribution in [0, 0.1) is 0 Å². The molecule has 1 atom stereocenters. The van der Waals surface area contributed by atoms with Gasteiger partial charge in [0.15, 0.2) is 0 Å². The molecule has 1 N–H and O–H groups in total. The Morgan fingerprint density at radius 3 is 2.72 bits per heavy atom. The Bertz CT molecular complexity index is 713. The van der Waals surface area contributed by atoms with E-state index in [2.05, 4.69) is 16.4 Å². The summed E-state index contributed by atoms with van der Waals surface area (Å²) in [5.41, 5.74) is 2.08. The van der Waals surface area contributed by atoms with Crippen molar-refractivity contribution in [3.05, 3.63) is 59.8 Å². The number of likely N-dealkylation sites (tertiary alicyclic amines) is 1. The third-order valence-corrected chi connectivity index (χ3v) is 4.79. The van der Waals surface area contributed by atoms with Crippen molar-refractivity contribution < 1.29 is 9.53 Å². The number of hydrogen-bond acceptors (Lipinski definition) is 4. The fraction of sp³-hybridized carbons (Fsp3) is 0.400. The molecule has 0 spiro atoms. The van der Waals surface area contributed by atoms with Crippen molar-refractivity contribution in [2.24, 2.45) is 0 Å². The first kappa shape index (κ1) is 15.9. The number of benzene rings is 1.